The number of aryl methyl sites for hydroxylation is 1. The van der Waals surface area contributed by atoms with Crippen LogP contribution in [0, 0.1) is 6.92 Å². The van der Waals surface area contributed by atoms with E-state index in [2.05, 4.69) is 4.98 Å². The topological polar surface area (TPSA) is 64.8 Å². The minimum Gasteiger partial charge on any atom is -0.456 e. The summed E-state index contributed by atoms with van der Waals surface area (Å²) in [6.07, 6.45) is 5.24. The number of hydrogen-bond donors (Lipinski definition) is 0. The minimum absolute atomic E-state index is 0.00658. The summed E-state index contributed by atoms with van der Waals surface area (Å²) < 4.78 is 17.6. The summed E-state index contributed by atoms with van der Waals surface area (Å²) in [6, 6.07) is 7.51. The molecule has 1 saturated carbocycles. The predicted octanol–water partition coefficient (Wildman–Crippen LogP) is 2.57. The third-order valence-corrected chi connectivity index (χ3v) is 4.96. The number of pyridine rings is 1. The molecule has 6 heteroatoms. The van der Waals surface area contributed by atoms with Gasteiger partial charge in [-0.15, -0.1) is 0 Å². The molecular weight excluding hydrogens is 320 g/mol. The molecule has 25 heavy (non-hydrogen) atoms. The first-order chi connectivity index (χ1) is 12.2. The highest BCUT2D eigenvalue weighted by Gasteiger charge is 2.45. The SMILES string of the molecule is Cc1ccc(C(=O)N2CCO[C@H]3[C@H](OCc4ccncc4)CC[C@@H]32)o1. The number of carbonyl (C=O) groups is 1. The van der Waals surface area contributed by atoms with Gasteiger partial charge in [-0.25, -0.2) is 0 Å². The molecular formula is C19H22N2O4. The molecule has 1 aliphatic carbocycles. The summed E-state index contributed by atoms with van der Waals surface area (Å²) in [4.78, 5) is 18.7. The third kappa shape index (κ3) is 3.32. The van der Waals surface area contributed by atoms with Gasteiger partial charge >= 0.3 is 0 Å². The fourth-order valence-corrected chi connectivity index (χ4v) is 3.72. The third-order valence-electron chi connectivity index (χ3n) is 4.96. The molecule has 1 saturated heterocycles. The van der Waals surface area contributed by atoms with Crippen LogP contribution in [0.1, 0.15) is 34.7 Å². The fourth-order valence-electron chi connectivity index (χ4n) is 3.72. The lowest BCUT2D eigenvalue weighted by atomic mass is 10.1. The van der Waals surface area contributed by atoms with E-state index in [4.69, 9.17) is 13.9 Å². The highest BCUT2D eigenvalue weighted by molar-refractivity contribution is 5.92. The minimum atomic E-state index is -0.0735. The molecule has 2 aromatic heterocycles. The average molecular weight is 342 g/mol. The molecule has 2 aliphatic rings. The molecule has 0 aromatic carbocycles. The molecule has 132 valence electrons. The van der Waals surface area contributed by atoms with E-state index < -0.39 is 0 Å². The van der Waals surface area contributed by atoms with Gasteiger partial charge in [-0.1, -0.05) is 0 Å². The van der Waals surface area contributed by atoms with Crippen LogP contribution >= 0.6 is 0 Å². The summed E-state index contributed by atoms with van der Waals surface area (Å²) in [5, 5.41) is 0. The van der Waals surface area contributed by atoms with Gasteiger partial charge < -0.3 is 18.8 Å². The molecule has 3 atom stereocenters. The predicted molar refractivity (Wildman–Crippen MR) is 90.1 cm³/mol. The molecule has 0 radical (unpaired) electrons. The van der Waals surface area contributed by atoms with E-state index in [0.29, 0.717) is 25.5 Å². The number of rotatable bonds is 4. The van der Waals surface area contributed by atoms with Crippen molar-refractivity contribution in [3.05, 3.63) is 53.7 Å². The fraction of sp³-hybridized carbons (Fsp3) is 0.474. The van der Waals surface area contributed by atoms with Gasteiger partial charge in [0.2, 0.25) is 0 Å². The molecule has 6 nitrogen and oxygen atoms in total. The maximum Gasteiger partial charge on any atom is 0.289 e. The van der Waals surface area contributed by atoms with E-state index in [0.717, 1.165) is 24.2 Å². The maximum absolute atomic E-state index is 12.8. The first kappa shape index (κ1) is 16.3. The molecule has 4 rings (SSSR count). The van der Waals surface area contributed by atoms with Crippen molar-refractivity contribution in [2.45, 2.75) is 44.6 Å². The largest absolute Gasteiger partial charge is 0.456 e. The Morgan fingerprint density at radius 1 is 1.28 bits per heavy atom. The number of morpholine rings is 1. The molecule has 2 aromatic rings. The number of nitrogens with zero attached hydrogens (tertiary/aromatic N) is 2. The van der Waals surface area contributed by atoms with E-state index in [1.165, 1.54) is 0 Å². The number of ether oxygens (including phenoxy) is 2. The van der Waals surface area contributed by atoms with Crippen molar-refractivity contribution in [1.29, 1.82) is 0 Å². The first-order valence-electron chi connectivity index (χ1n) is 8.72. The summed E-state index contributed by atoms with van der Waals surface area (Å²) in [7, 11) is 0. The van der Waals surface area contributed by atoms with Crippen LogP contribution in [0.15, 0.2) is 41.1 Å². The van der Waals surface area contributed by atoms with Crippen LogP contribution in [0.5, 0.6) is 0 Å². The van der Waals surface area contributed by atoms with Gasteiger partial charge in [-0.3, -0.25) is 9.78 Å². The Kier molecular flexibility index (Phi) is 4.55. The number of furan rings is 1. The Balaban J connectivity index is 1.42. The van der Waals surface area contributed by atoms with Crippen molar-refractivity contribution < 1.29 is 18.7 Å². The highest BCUT2D eigenvalue weighted by atomic mass is 16.5. The molecule has 0 spiro atoms. The average Bonchev–Trinajstić information content (AvgIpc) is 3.26. The van der Waals surface area contributed by atoms with Crippen LogP contribution in [-0.4, -0.2) is 47.2 Å². The van der Waals surface area contributed by atoms with E-state index >= 15 is 0 Å². The van der Waals surface area contributed by atoms with Crippen LogP contribution in [0.3, 0.4) is 0 Å². The summed E-state index contributed by atoms with van der Waals surface area (Å²) in [5.74, 6) is 1.10. The van der Waals surface area contributed by atoms with E-state index in [1.54, 1.807) is 18.5 Å². The second-order valence-corrected chi connectivity index (χ2v) is 6.59. The van der Waals surface area contributed by atoms with Gasteiger partial charge in [-0.05, 0) is 49.6 Å². The smallest absolute Gasteiger partial charge is 0.289 e. The highest BCUT2D eigenvalue weighted by Crippen LogP contribution is 2.33. The van der Waals surface area contributed by atoms with Crippen LogP contribution in [-0.2, 0) is 16.1 Å². The standard InChI is InChI=1S/C19H22N2O4/c1-13-2-4-17(25-13)19(22)21-10-11-23-18-15(21)3-5-16(18)24-12-14-6-8-20-9-7-14/h2,4,6-9,15-16,18H,3,5,10-12H2,1H3/t15-,16+,18+/m0/s1. The number of hydrogen-bond acceptors (Lipinski definition) is 5. The zero-order chi connectivity index (χ0) is 17.2. The Bertz CT molecular complexity index is 730. The molecule has 1 amide bonds. The Morgan fingerprint density at radius 3 is 2.88 bits per heavy atom. The Labute approximate surface area is 146 Å². The van der Waals surface area contributed by atoms with Crippen LogP contribution < -0.4 is 0 Å². The molecule has 0 bridgehead atoms. The monoisotopic (exact) mass is 342 g/mol. The van der Waals surface area contributed by atoms with Crippen molar-refractivity contribution >= 4 is 5.91 Å². The lowest BCUT2D eigenvalue weighted by Crippen LogP contribution is -2.53. The lowest BCUT2D eigenvalue weighted by Gasteiger charge is -2.38. The maximum atomic E-state index is 12.8. The Morgan fingerprint density at radius 2 is 2.12 bits per heavy atom. The van der Waals surface area contributed by atoms with Gasteiger partial charge in [-0.2, -0.15) is 0 Å². The second kappa shape index (κ2) is 6.98. The summed E-state index contributed by atoms with van der Waals surface area (Å²) >= 11 is 0. The van der Waals surface area contributed by atoms with Crippen molar-refractivity contribution in [2.75, 3.05) is 13.2 Å². The molecule has 0 N–H and O–H groups in total. The second-order valence-electron chi connectivity index (χ2n) is 6.59. The zero-order valence-electron chi connectivity index (χ0n) is 14.3. The lowest BCUT2D eigenvalue weighted by molar-refractivity contribution is -0.108. The quantitative estimate of drug-likeness (QED) is 0.854. The van der Waals surface area contributed by atoms with Crippen LogP contribution in [0.25, 0.3) is 0 Å². The van der Waals surface area contributed by atoms with Gasteiger partial charge in [0.1, 0.15) is 11.9 Å². The number of carbonyl (C=O) groups excluding carboxylic acids is 1. The number of fused-ring (bicyclic) bond motifs is 1. The van der Waals surface area contributed by atoms with E-state index in [9.17, 15) is 4.79 Å². The van der Waals surface area contributed by atoms with Crippen molar-refractivity contribution in [1.82, 2.24) is 9.88 Å². The zero-order valence-corrected chi connectivity index (χ0v) is 14.3. The first-order valence-corrected chi connectivity index (χ1v) is 8.72. The van der Waals surface area contributed by atoms with E-state index in [-0.39, 0.29) is 24.2 Å². The van der Waals surface area contributed by atoms with Gasteiger partial charge in [0.15, 0.2) is 5.76 Å². The number of aromatic nitrogens is 1. The van der Waals surface area contributed by atoms with E-state index in [1.807, 2.05) is 30.0 Å². The van der Waals surface area contributed by atoms with Crippen molar-refractivity contribution in [3.8, 4) is 0 Å². The van der Waals surface area contributed by atoms with Gasteiger partial charge in [0.05, 0.1) is 25.4 Å². The van der Waals surface area contributed by atoms with Crippen LogP contribution in [0.4, 0.5) is 0 Å². The summed E-state index contributed by atoms with van der Waals surface area (Å²) in [6.45, 7) is 3.50. The number of amides is 1. The molecule has 1 aliphatic heterocycles. The van der Waals surface area contributed by atoms with Gasteiger partial charge in [0.25, 0.3) is 5.91 Å². The van der Waals surface area contributed by atoms with Crippen molar-refractivity contribution in [3.63, 3.8) is 0 Å². The molecule has 0 unspecified atom stereocenters. The van der Waals surface area contributed by atoms with Crippen LogP contribution in [0.2, 0.25) is 0 Å². The summed E-state index contributed by atoms with van der Waals surface area (Å²) in [5.41, 5.74) is 1.09. The molecule has 3 heterocycles. The van der Waals surface area contributed by atoms with Gasteiger partial charge in [0, 0.05) is 18.9 Å². The normalized spacial score (nSPS) is 25.8. The van der Waals surface area contributed by atoms with Crippen molar-refractivity contribution in [2.24, 2.45) is 0 Å². The molecule has 2 fully saturated rings. The Hall–Kier alpha value is -2.18.